The number of nitrogens with one attached hydrogen (secondary N) is 1. The number of nitrogens with zero attached hydrogens (tertiary/aromatic N) is 1. The number of halogens is 1. The Morgan fingerprint density at radius 1 is 1.65 bits per heavy atom. The SMILES string of the molecule is CC(COC1CCOC1)Nc1cccc(F)c1[N+](=O)[O-]. The molecule has 6 nitrogen and oxygen atoms in total. The van der Waals surface area contributed by atoms with Crippen LogP contribution in [0, 0.1) is 15.9 Å². The van der Waals surface area contributed by atoms with Crippen LogP contribution in [0.5, 0.6) is 0 Å². The largest absolute Gasteiger partial charge is 0.379 e. The van der Waals surface area contributed by atoms with Crippen molar-refractivity contribution in [3.05, 3.63) is 34.1 Å². The molecule has 0 aliphatic carbocycles. The quantitative estimate of drug-likeness (QED) is 0.641. The topological polar surface area (TPSA) is 73.6 Å². The minimum atomic E-state index is -0.850. The molecule has 0 saturated carbocycles. The number of nitro benzene ring substituents is 1. The maximum atomic E-state index is 13.5. The van der Waals surface area contributed by atoms with Gasteiger partial charge in [0.05, 0.1) is 24.2 Å². The molecule has 1 fully saturated rings. The van der Waals surface area contributed by atoms with Gasteiger partial charge in [0.2, 0.25) is 5.82 Å². The van der Waals surface area contributed by atoms with Crippen LogP contribution in [0.4, 0.5) is 15.8 Å². The Kier molecular flexibility index (Phi) is 4.86. The van der Waals surface area contributed by atoms with E-state index in [9.17, 15) is 14.5 Å². The van der Waals surface area contributed by atoms with Crippen LogP contribution in [-0.2, 0) is 9.47 Å². The molecule has 1 aliphatic rings. The molecule has 0 radical (unpaired) electrons. The van der Waals surface area contributed by atoms with Gasteiger partial charge in [-0.3, -0.25) is 10.1 Å². The molecular formula is C13H17FN2O4. The summed E-state index contributed by atoms with van der Waals surface area (Å²) in [7, 11) is 0. The third-order valence-electron chi connectivity index (χ3n) is 3.04. The Bertz CT molecular complexity index is 477. The standard InChI is InChI=1S/C13H17FN2O4/c1-9(7-20-10-5-6-19-8-10)15-12-4-2-3-11(14)13(12)16(17)18/h2-4,9-10,15H,5-8H2,1H3. The van der Waals surface area contributed by atoms with Crippen LogP contribution in [0.2, 0.25) is 0 Å². The van der Waals surface area contributed by atoms with E-state index in [4.69, 9.17) is 9.47 Å². The second kappa shape index (κ2) is 6.62. The minimum absolute atomic E-state index is 0.0711. The first-order valence-corrected chi connectivity index (χ1v) is 6.46. The Morgan fingerprint density at radius 2 is 2.45 bits per heavy atom. The van der Waals surface area contributed by atoms with Crippen molar-refractivity contribution in [3.8, 4) is 0 Å². The lowest BCUT2D eigenvalue weighted by atomic mass is 10.2. The zero-order chi connectivity index (χ0) is 14.5. The van der Waals surface area contributed by atoms with Gasteiger partial charge in [0.25, 0.3) is 0 Å². The average Bonchev–Trinajstić information content (AvgIpc) is 2.89. The first-order valence-electron chi connectivity index (χ1n) is 6.46. The first-order chi connectivity index (χ1) is 9.58. The highest BCUT2D eigenvalue weighted by Gasteiger charge is 2.22. The van der Waals surface area contributed by atoms with Crippen LogP contribution >= 0.6 is 0 Å². The van der Waals surface area contributed by atoms with Crippen molar-refractivity contribution in [2.45, 2.75) is 25.5 Å². The first kappa shape index (κ1) is 14.7. The fourth-order valence-corrected chi connectivity index (χ4v) is 2.05. The fraction of sp³-hybridized carbons (Fsp3) is 0.538. The summed E-state index contributed by atoms with van der Waals surface area (Å²) in [4.78, 5) is 10.1. The molecule has 0 amide bonds. The Labute approximate surface area is 116 Å². The lowest BCUT2D eigenvalue weighted by molar-refractivity contribution is -0.386. The predicted molar refractivity (Wildman–Crippen MR) is 71.3 cm³/mol. The van der Waals surface area contributed by atoms with Gasteiger partial charge < -0.3 is 14.8 Å². The van der Waals surface area contributed by atoms with Gasteiger partial charge in [0.15, 0.2) is 0 Å². The summed E-state index contributed by atoms with van der Waals surface area (Å²) in [6, 6.07) is 3.82. The van der Waals surface area contributed by atoms with Crippen LogP contribution in [-0.4, -0.2) is 36.9 Å². The van der Waals surface area contributed by atoms with E-state index in [0.717, 1.165) is 12.5 Å². The van der Waals surface area contributed by atoms with Gasteiger partial charge in [-0.15, -0.1) is 0 Å². The monoisotopic (exact) mass is 284 g/mol. The molecule has 1 aromatic carbocycles. The highest BCUT2D eigenvalue weighted by molar-refractivity contribution is 5.62. The second-order valence-corrected chi connectivity index (χ2v) is 4.76. The van der Waals surface area contributed by atoms with Gasteiger partial charge in [0.1, 0.15) is 5.69 Å². The lowest BCUT2D eigenvalue weighted by Crippen LogP contribution is -2.26. The van der Waals surface area contributed by atoms with Gasteiger partial charge in [0, 0.05) is 12.6 Å². The maximum Gasteiger partial charge on any atom is 0.327 e. The average molecular weight is 284 g/mol. The van der Waals surface area contributed by atoms with Crippen LogP contribution in [0.1, 0.15) is 13.3 Å². The van der Waals surface area contributed by atoms with E-state index in [1.807, 2.05) is 6.92 Å². The Balaban J connectivity index is 1.94. The molecule has 0 spiro atoms. The highest BCUT2D eigenvalue weighted by Crippen LogP contribution is 2.27. The summed E-state index contributed by atoms with van der Waals surface area (Å²) < 4.78 is 24.3. The Hall–Kier alpha value is -1.73. The molecule has 1 aromatic rings. The number of hydrogen-bond donors (Lipinski definition) is 1. The number of hydrogen-bond acceptors (Lipinski definition) is 5. The summed E-state index contributed by atoms with van der Waals surface area (Å²) in [5.41, 5.74) is -0.377. The van der Waals surface area contributed by atoms with Crippen molar-refractivity contribution in [2.75, 3.05) is 25.1 Å². The van der Waals surface area contributed by atoms with Gasteiger partial charge in [-0.25, -0.2) is 0 Å². The van der Waals surface area contributed by atoms with E-state index in [2.05, 4.69) is 5.32 Å². The third kappa shape index (κ3) is 3.64. The van der Waals surface area contributed by atoms with Crippen LogP contribution in [0.3, 0.4) is 0 Å². The Morgan fingerprint density at radius 3 is 3.10 bits per heavy atom. The van der Waals surface area contributed by atoms with Crippen LogP contribution < -0.4 is 5.32 Å². The number of rotatable bonds is 6. The fourth-order valence-electron chi connectivity index (χ4n) is 2.05. The molecule has 1 heterocycles. The summed E-state index contributed by atoms with van der Waals surface area (Å²) in [6.45, 7) is 3.47. The zero-order valence-corrected chi connectivity index (χ0v) is 11.2. The van der Waals surface area contributed by atoms with Gasteiger partial charge in [-0.1, -0.05) is 6.07 Å². The van der Waals surface area contributed by atoms with Crippen LogP contribution in [0.15, 0.2) is 18.2 Å². The molecule has 2 rings (SSSR count). The molecular weight excluding hydrogens is 267 g/mol. The van der Waals surface area contributed by atoms with Crippen molar-refractivity contribution in [1.82, 2.24) is 0 Å². The number of benzene rings is 1. The number of ether oxygens (including phenoxy) is 2. The summed E-state index contributed by atoms with van der Waals surface area (Å²) in [6.07, 6.45) is 0.925. The van der Waals surface area contributed by atoms with Gasteiger partial charge in [-0.2, -0.15) is 4.39 Å². The van der Waals surface area contributed by atoms with Crippen LogP contribution in [0.25, 0.3) is 0 Å². The zero-order valence-electron chi connectivity index (χ0n) is 11.2. The van der Waals surface area contributed by atoms with E-state index in [-0.39, 0.29) is 17.8 Å². The molecule has 20 heavy (non-hydrogen) atoms. The van der Waals surface area contributed by atoms with Crippen molar-refractivity contribution in [3.63, 3.8) is 0 Å². The summed E-state index contributed by atoms with van der Waals surface area (Å²) in [5.74, 6) is -0.850. The highest BCUT2D eigenvalue weighted by atomic mass is 19.1. The summed E-state index contributed by atoms with van der Waals surface area (Å²) >= 11 is 0. The molecule has 2 unspecified atom stereocenters. The second-order valence-electron chi connectivity index (χ2n) is 4.76. The minimum Gasteiger partial charge on any atom is -0.379 e. The third-order valence-corrected chi connectivity index (χ3v) is 3.04. The van der Waals surface area contributed by atoms with Crippen molar-refractivity contribution >= 4 is 11.4 Å². The van der Waals surface area contributed by atoms with E-state index in [1.54, 1.807) is 0 Å². The molecule has 1 N–H and O–H groups in total. The van der Waals surface area contributed by atoms with E-state index < -0.39 is 16.4 Å². The number of nitro groups is 1. The molecule has 0 aromatic heterocycles. The number of anilines is 1. The van der Waals surface area contributed by atoms with Crippen molar-refractivity contribution in [2.24, 2.45) is 0 Å². The van der Waals surface area contributed by atoms with E-state index in [1.165, 1.54) is 12.1 Å². The molecule has 2 atom stereocenters. The lowest BCUT2D eigenvalue weighted by Gasteiger charge is -2.18. The maximum absolute atomic E-state index is 13.5. The van der Waals surface area contributed by atoms with E-state index >= 15 is 0 Å². The molecule has 0 bridgehead atoms. The van der Waals surface area contributed by atoms with Gasteiger partial charge >= 0.3 is 5.69 Å². The molecule has 110 valence electrons. The summed E-state index contributed by atoms with van der Waals surface area (Å²) in [5, 5.41) is 13.8. The van der Waals surface area contributed by atoms with E-state index in [0.29, 0.717) is 19.8 Å². The predicted octanol–water partition coefficient (Wildman–Crippen LogP) is 2.34. The van der Waals surface area contributed by atoms with Crippen molar-refractivity contribution in [1.29, 1.82) is 0 Å². The number of para-hydroxylation sites is 1. The van der Waals surface area contributed by atoms with Crippen molar-refractivity contribution < 1.29 is 18.8 Å². The molecule has 7 heteroatoms. The molecule has 1 aliphatic heterocycles. The molecule has 1 saturated heterocycles. The smallest absolute Gasteiger partial charge is 0.327 e. The van der Waals surface area contributed by atoms with Gasteiger partial charge in [-0.05, 0) is 25.5 Å². The normalized spacial score (nSPS) is 19.8.